The molecule has 2 aliphatic rings. The van der Waals surface area contributed by atoms with Crippen LogP contribution in [0.5, 0.6) is 0 Å². The highest BCUT2D eigenvalue weighted by molar-refractivity contribution is 9.10. The molecule has 7 nitrogen and oxygen atoms in total. The minimum atomic E-state index is -2.95. The van der Waals surface area contributed by atoms with Gasteiger partial charge in [-0.2, -0.15) is 5.10 Å². The number of aromatic nitrogens is 3. The Morgan fingerprint density at radius 2 is 2.27 bits per heavy atom. The molecule has 2 aliphatic heterocycles. The Labute approximate surface area is 158 Å². The molecule has 2 unspecified atom stereocenters. The van der Waals surface area contributed by atoms with Gasteiger partial charge in [0.05, 0.1) is 32.4 Å². The van der Waals surface area contributed by atoms with E-state index >= 15 is 0 Å². The van der Waals surface area contributed by atoms with E-state index in [9.17, 15) is 8.78 Å². The monoisotopic (exact) mass is 431 g/mol. The van der Waals surface area contributed by atoms with Gasteiger partial charge >= 0.3 is 0 Å². The number of hydrogen-bond donors (Lipinski definition) is 0. The van der Waals surface area contributed by atoms with Crippen molar-refractivity contribution in [3.63, 3.8) is 0 Å². The molecule has 142 valence electrons. The quantitative estimate of drug-likeness (QED) is 0.733. The van der Waals surface area contributed by atoms with Gasteiger partial charge in [0.15, 0.2) is 5.82 Å². The Balaban J connectivity index is 1.47. The number of morpholine rings is 1. The fraction of sp³-hybridized carbons (Fsp3) is 0.625. The highest BCUT2D eigenvalue weighted by Gasteiger charge is 2.50. The molecule has 0 aliphatic carbocycles. The first-order valence-electron chi connectivity index (χ1n) is 8.47. The fourth-order valence-electron chi connectivity index (χ4n) is 3.40. The zero-order chi connectivity index (χ0) is 18.3. The average molecular weight is 432 g/mol. The lowest BCUT2D eigenvalue weighted by atomic mass is 10.2. The molecule has 2 aromatic heterocycles. The lowest BCUT2D eigenvalue weighted by Gasteiger charge is -2.31. The zero-order valence-electron chi connectivity index (χ0n) is 14.3. The molecule has 0 N–H and O–H groups in total. The molecule has 4 heterocycles. The molecule has 2 fully saturated rings. The van der Waals surface area contributed by atoms with Crippen LogP contribution in [0.15, 0.2) is 23.1 Å². The Bertz CT molecular complexity index is 789. The summed E-state index contributed by atoms with van der Waals surface area (Å²) in [5, 5.41) is 4.23. The molecule has 0 spiro atoms. The lowest BCUT2D eigenvalue weighted by molar-refractivity contribution is -0.136. The molecule has 10 heteroatoms. The van der Waals surface area contributed by atoms with Crippen molar-refractivity contribution < 1.29 is 18.3 Å². The Kier molecular flexibility index (Phi) is 4.84. The van der Waals surface area contributed by atoms with Crippen LogP contribution < -0.4 is 4.90 Å². The van der Waals surface area contributed by atoms with Crippen LogP contribution in [0, 0.1) is 0 Å². The predicted octanol–water partition coefficient (Wildman–Crippen LogP) is 1.66. The number of ether oxygens (including phenoxy) is 2. The molecular formula is C16H20BrF2N5O2. The molecule has 0 bridgehead atoms. The van der Waals surface area contributed by atoms with Gasteiger partial charge in [-0.1, -0.05) is 0 Å². The summed E-state index contributed by atoms with van der Waals surface area (Å²) in [7, 11) is 1.98. The summed E-state index contributed by atoms with van der Waals surface area (Å²) in [5.74, 6) is -2.48. The molecule has 0 saturated carbocycles. The molecular weight excluding hydrogens is 412 g/mol. The minimum Gasteiger partial charge on any atom is -0.373 e. The first kappa shape index (κ1) is 18.0. The average Bonchev–Trinajstić information content (AvgIpc) is 3.11. The van der Waals surface area contributed by atoms with Crippen molar-refractivity contribution in [2.45, 2.75) is 18.1 Å². The number of halogens is 3. The van der Waals surface area contributed by atoms with Gasteiger partial charge in [0, 0.05) is 31.5 Å². The summed E-state index contributed by atoms with van der Waals surface area (Å²) < 4.78 is 42.4. The van der Waals surface area contributed by atoms with Gasteiger partial charge in [0.1, 0.15) is 16.2 Å². The molecule has 26 heavy (non-hydrogen) atoms. The van der Waals surface area contributed by atoms with E-state index < -0.39 is 18.6 Å². The van der Waals surface area contributed by atoms with Crippen molar-refractivity contribution in [2.24, 2.45) is 0 Å². The number of hydrogen-bond acceptors (Lipinski definition) is 6. The maximum Gasteiger partial charge on any atom is 0.292 e. The second-order valence-corrected chi connectivity index (χ2v) is 7.58. The topological polar surface area (TPSA) is 55.1 Å². The van der Waals surface area contributed by atoms with Crippen LogP contribution in [0.3, 0.4) is 0 Å². The third-order valence-electron chi connectivity index (χ3n) is 4.72. The largest absolute Gasteiger partial charge is 0.373 e. The van der Waals surface area contributed by atoms with E-state index in [-0.39, 0.29) is 19.3 Å². The summed E-state index contributed by atoms with van der Waals surface area (Å²) in [5.41, 5.74) is 0.674. The van der Waals surface area contributed by atoms with E-state index in [2.05, 4.69) is 30.9 Å². The zero-order valence-corrected chi connectivity index (χ0v) is 15.9. The van der Waals surface area contributed by atoms with Crippen LogP contribution in [0.4, 0.5) is 14.6 Å². The van der Waals surface area contributed by atoms with Crippen LogP contribution >= 0.6 is 15.9 Å². The number of likely N-dealkylation sites (N-methyl/N-ethyl adjacent to an activating group) is 1. The summed E-state index contributed by atoms with van der Waals surface area (Å²) >= 11 is 3.31. The highest BCUT2D eigenvalue weighted by Crippen LogP contribution is 2.34. The fourth-order valence-corrected chi connectivity index (χ4v) is 3.79. The molecule has 4 rings (SSSR count). The molecule has 0 amide bonds. The number of alkyl halides is 2. The molecule has 2 saturated heterocycles. The van der Waals surface area contributed by atoms with Gasteiger partial charge in [-0.25, -0.2) is 18.3 Å². The summed E-state index contributed by atoms with van der Waals surface area (Å²) in [6, 6.07) is 1.76. The number of nitrogens with zero attached hydrogens (tertiary/aromatic N) is 5. The van der Waals surface area contributed by atoms with Gasteiger partial charge in [-0.05, 0) is 23.0 Å². The Morgan fingerprint density at radius 3 is 3.08 bits per heavy atom. The summed E-state index contributed by atoms with van der Waals surface area (Å²) in [4.78, 5) is 7.95. The van der Waals surface area contributed by atoms with E-state index in [4.69, 9.17) is 9.47 Å². The van der Waals surface area contributed by atoms with Crippen molar-refractivity contribution in [3.05, 3.63) is 23.1 Å². The number of anilines is 1. The van der Waals surface area contributed by atoms with Crippen molar-refractivity contribution in [1.29, 1.82) is 0 Å². The van der Waals surface area contributed by atoms with Gasteiger partial charge in [0.2, 0.25) is 0 Å². The Morgan fingerprint density at radius 1 is 1.42 bits per heavy atom. The third-order valence-corrected chi connectivity index (χ3v) is 5.11. The highest BCUT2D eigenvalue weighted by atomic mass is 79.9. The second kappa shape index (κ2) is 6.99. The first-order valence-corrected chi connectivity index (χ1v) is 9.26. The van der Waals surface area contributed by atoms with E-state index in [1.165, 1.54) is 0 Å². The molecule has 2 aromatic rings. The standard InChI is InChI=1S/C16H20BrF2N5O2/c1-22-4-5-25-11(7-22)9-26-13-8-23(10-16(13,18)19)15-12-6-14(17)21-24(12)3-2-20-15/h2-3,6,11,13H,4-5,7-10H2,1H3. The summed E-state index contributed by atoms with van der Waals surface area (Å²) in [6.07, 6.45) is 1.88. The van der Waals surface area contributed by atoms with E-state index in [0.29, 0.717) is 29.1 Å². The maximum absolute atomic E-state index is 14.5. The van der Waals surface area contributed by atoms with Gasteiger partial charge in [-0.15, -0.1) is 0 Å². The molecule has 2 atom stereocenters. The van der Waals surface area contributed by atoms with Crippen LogP contribution in [0.2, 0.25) is 0 Å². The Hall–Kier alpha value is -1.36. The molecule has 0 aromatic carbocycles. The van der Waals surface area contributed by atoms with Crippen LogP contribution in [-0.2, 0) is 9.47 Å². The van der Waals surface area contributed by atoms with E-state index in [0.717, 1.165) is 6.54 Å². The van der Waals surface area contributed by atoms with Crippen molar-refractivity contribution >= 4 is 27.3 Å². The van der Waals surface area contributed by atoms with Crippen LogP contribution in [-0.4, -0.2) is 84.1 Å². The first-order chi connectivity index (χ1) is 12.4. The SMILES string of the molecule is CN1CCOC(COC2CN(c3nccn4nc(Br)cc34)CC2(F)F)C1. The summed E-state index contributed by atoms with van der Waals surface area (Å²) in [6.45, 7) is 1.94. The predicted molar refractivity (Wildman–Crippen MR) is 94.8 cm³/mol. The van der Waals surface area contributed by atoms with Crippen LogP contribution in [0.25, 0.3) is 5.52 Å². The molecule has 0 radical (unpaired) electrons. The van der Waals surface area contributed by atoms with Crippen molar-refractivity contribution in [3.8, 4) is 0 Å². The van der Waals surface area contributed by atoms with Gasteiger partial charge in [-0.3, -0.25) is 0 Å². The number of rotatable bonds is 4. The van der Waals surface area contributed by atoms with Crippen molar-refractivity contribution in [2.75, 3.05) is 51.3 Å². The lowest BCUT2D eigenvalue weighted by Crippen LogP contribution is -2.44. The number of fused-ring (bicyclic) bond motifs is 1. The van der Waals surface area contributed by atoms with E-state index in [1.807, 2.05) is 7.05 Å². The third kappa shape index (κ3) is 3.55. The maximum atomic E-state index is 14.5. The van der Waals surface area contributed by atoms with Crippen molar-refractivity contribution in [1.82, 2.24) is 19.5 Å². The van der Waals surface area contributed by atoms with Gasteiger partial charge < -0.3 is 19.3 Å². The smallest absolute Gasteiger partial charge is 0.292 e. The normalized spacial score (nSPS) is 26.7. The van der Waals surface area contributed by atoms with Gasteiger partial charge in [0.25, 0.3) is 5.92 Å². The van der Waals surface area contributed by atoms with E-state index in [1.54, 1.807) is 27.9 Å². The van der Waals surface area contributed by atoms with Crippen LogP contribution in [0.1, 0.15) is 0 Å². The second-order valence-electron chi connectivity index (χ2n) is 6.77. The minimum absolute atomic E-state index is 0.0744.